The summed E-state index contributed by atoms with van der Waals surface area (Å²) in [5.74, 6) is 0.338. The van der Waals surface area contributed by atoms with Crippen LogP contribution in [-0.4, -0.2) is 5.11 Å². The van der Waals surface area contributed by atoms with Crippen molar-refractivity contribution in [3.63, 3.8) is 0 Å². The molecule has 0 aromatic heterocycles. The van der Waals surface area contributed by atoms with Gasteiger partial charge in [0.25, 0.3) is 0 Å². The maximum Gasteiger partial charge on any atom is 0.0824 e. The van der Waals surface area contributed by atoms with Gasteiger partial charge in [-0.2, -0.15) is 0 Å². The quantitative estimate of drug-likeness (QED) is 0.866. The molecule has 0 saturated carbocycles. The van der Waals surface area contributed by atoms with Gasteiger partial charge in [0.2, 0.25) is 0 Å². The Hall–Kier alpha value is -1.60. The highest BCUT2D eigenvalue weighted by atomic mass is 16.3. The fourth-order valence-corrected chi connectivity index (χ4v) is 3.34. The van der Waals surface area contributed by atoms with E-state index < -0.39 is 0 Å². The van der Waals surface area contributed by atoms with Crippen LogP contribution in [0.2, 0.25) is 0 Å². The van der Waals surface area contributed by atoms with Crippen LogP contribution in [0, 0.1) is 19.8 Å². The van der Waals surface area contributed by atoms with Crippen molar-refractivity contribution in [2.45, 2.75) is 39.2 Å². The van der Waals surface area contributed by atoms with Gasteiger partial charge in [0, 0.05) is 0 Å². The minimum Gasteiger partial charge on any atom is -0.388 e. The average molecular weight is 266 g/mol. The molecule has 1 aliphatic rings. The van der Waals surface area contributed by atoms with E-state index in [1.807, 2.05) is 0 Å². The molecule has 0 fully saturated rings. The molecule has 2 unspecified atom stereocenters. The molecule has 2 aromatic carbocycles. The van der Waals surface area contributed by atoms with E-state index >= 15 is 0 Å². The van der Waals surface area contributed by atoms with Crippen molar-refractivity contribution in [2.24, 2.45) is 5.92 Å². The summed E-state index contributed by atoms with van der Waals surface area (Å²) in [6.45, 7) is 4.23. The van der Waals surface area contributed by atoms with Crippen LogP contribution >= 0.6 is 0 Å². The number of aryl methyl sites for hydroxylation is 2. The van der Waals surface area contributed by atoms with Gasteiger partial charge in [-0.15, -0.1) is 0 Å². The van der Waals surface area contributed by atoms with Crippen LogP contribution in [0.3, 0.4) is 0 Å². The summed E-state index contributed by atoms with van der Waals surface area (Å²) in [6, 6.07) is 14.9. The highest BCUT2D eigenvalue weighted by Crippen LogP contribution is 2.35. The average Bonchev–Trinajstić information content (AvgIpc) is 2.49. The van der Waals surface area contributed by atoms with Crippen LogP contribution < -0.4 is 0 Å². The van der Waals surface area contributed by atoms with Gasteiger partial charge in [-0.1, -0.05) is 42.5 Å². The van der Waals surface area contributed by atoms with E-state index in [1.165, 1.54) is 22.3 Å². The van der Waals surface area contributed by atoms with Gasteiger partial charge in [0.15, 0.2) is 0 Å². The molecule has 1 aliphatic carbocycles. The summed E-state index contributed by atoms with van der Waals surface area (Å²) in [6.07, 6.45) is 2.81. The first-order chi connectivity index (χ1) is 9.66. The summed E-state index contributed by atoms with van der Waals surface area (Å²) in [7, 11) is 0. The minimum atomic E-state index is -0.344. The number of rotatable bonds is 2. The van der Waals surface area contributed by atoms with Crippen molar-refractivity contribution in [3.8, 4) is 0 Å². The van der Waals surface area contributed by atoms with E-state index in [1.54, 1.807) is 0 Å². The second-order valence-electron chi connectivity index (χ2n) is 6.01. The van der Waals surface area contributed by atoms with Crippen LogP contribution in [0.4, 0.5) is 0 Å². The smallest absolute Gasteiger partial charge is 0.0824 e. The van der Waals surface area contributed by atoms with Crippen LogP contribution in [-0.2, 0) is 12.8 Å². The number of benzene rings is 2. The third kappa shape index (κ3) is 2.38. The Morgan fingerprint density at radius 2 is 1.75 bits per heavy atom. The topological polar surface area (TPSA) is 20.2 Å². The Morgan fingerprint density at radius 3 is 2.55 bits per heavy atom. The summed E-state index contributed by atoms with van der Waals surface area (Å²) in [5.41, 5.74) is 6.47. The van der Waals surface area contributed by atoms with Crippen LogP contribution in [0.25, 0.3) is 0 Å². The first kappa shape index (κ1) is 13.4. The number of aliphatic hydroxyl groups is 1. The zero-order chi connectivity index (χ0) is 14.1. The number of aliphatic hydroxyl groups excluding tert-OH is 1. The second kappa shape index (κ2) is 5.41. The molecule has 0 spiro atoms. The zero-order valence-electron chi connectivity index (χ0n) is 12.3. The van der Waals surface area contributed by atoms with Gasteiger partial charge in [-0.05, 0) is 66.8 Å². The molecule has 0 aliphatic heterocycles. The van der Waals surface area contributed by atoms with Gasteiger partial charge in [0.05, 0.1) is 6.10 Å². The van der Waals surface area contributed by atoms with E-state index in [0.29, 0.717) is 5.92 Å². The third-order valence-corrected chi connectivity index (χ3v) is 4.80. The lowest BCUT2D eigenvalue weighted by atomic mass is 9.78. The van der Waals surface area contributed by atoms with Gasteiger partial charge >= 0.3 is 0 Å². The van der Waals surface area contributed by atoms with Crippen molar-refractivity contribution in [1.82, 2.24) is 0 Å². The molecule has 0 amide bonds. The second-order valence-corrected chi connectivity index (χ2v) is 6.01. The van der Waals surface area contributed by atoms with Crippen molar-refractivity contribution < 1.29 is 5.11 Å². The van der Waals surface area contributed by atoms with Crippen molar-refractivity contribution >= 4 is 0 Å². The highest BCUT2D eigenvalue weighted by molar-refractivity contribution is 5.36. The lowest BCUT2D eigenvalue weighted by Crippen LogP contribution is -2.21. The molecular formula is C19H22O. The molecule has 1 N–H and O–H groups in total. The highest BCUT2D eigenvalue weighted by Gasteiger charge is 2.26. The minimum absolute atomic E-state index is 0.338. The van der Waals surface area contributed by atoms with Crippen molar-refractivity contribution in [2.75, 3.05) is 0 Å². The molecule has 104 valence electrons. The molecular weight excluding hydrogens is 244 g/mol. The molecule has 2 atom stereocenters. The number of fused-ring (bicyclic) bond motifs is 1. The molecule has 1 heteroatoms. The number of hydrogen-bond donors (Lipinski definition) is 1. The van der Waals surface area contributed by atoms with Gasteiger partial charge in [-0.3, -0.25) is 0 Å². The third-order valence-electron chi connectivity index (χ3n) is 4.80. The summed E-state index contributed by atoms with van der Waals surface area (Å²) in [4.78, 5) is 0. The first-order valence-corrected chi connectivity index (χ1v) is 7.48. The van der Waals surface area contributed by atoms with E-state index in [2.05, 4.69) is 56.3 Å². The molecule has 0 heterocycles. The summed E-state index contributed by atoms with van der Waals surface area (Å²) >= 11 is 0. The van der Waals surface area contributed by atoms with Crippen molar-refractivity contribution in [1.29, 1.82) is 0 Å². The fraction of sp³-hybridized carbons (Fsp3) is 0.368. The molecule has 0 bridgehead atoms. The standard InChI is InChI=1S/C19H22O/c1-13-6-5-9-18(14(13)2)19(20)17-11-10-15-7-3-4-8-16(15)12-17/h3-9,17,19-20H,10-12H2,1-2H3. The molecule has 0 saturated heterocycles. The first-order valence-electron chi connectivity index (χ1n) is 7.48. The lowest BCUT2D eigenvalue weighted by Gasteiger charge is -2.29. The maximum absolute atomic E-state index is 10.8. The molecule has 1 nitrogen and oxygen atoms in total. The zero-order valence-corrected chi connectivity index (χ0v) is 12.3. The Labute approximate surface area is 121 Å². The van der Waals surface area contributed by atoms with Gasteiger partial charge < -0.3 is 5.11 Å². The van der Waals surface area contributed by atoms with Crippen molar-refractivity contribution in [3.05, 3.63) is 70.3 Å². The Balaban J connectivity index is 1.86. The lowest BCUT2D eigenvalue weighted by molar-refractivity contribution is 0.0988. The molecule has 0 radical (unpaired) electrons. The monoisotopic (exact) mass is 266 g/mol. The molecule has 20 heavy (non-hydrogen) atoms. The maximum atomic E-state index is 10.8. The summed E-state index contributed by atoms with van der Waals surface area (Å²) in [5, 5.41) is 10.8. The normalized spacial score (nSPS) is 19.4. The SMILES string of the molecule is Cc1cccc(C(O)C2CCc3ccccc3C2)c1C. The van der Waals surface area contributed by atoms with E-state index in [0.717, 1.165) is 24.8 Å². The predicted molar refractivity (Wildman–Crippen MR) is 82.8 cm³/mol. The van der Waals surface area contributed by atoms with Crippen LogP contribution in [0.1, 0.15) is 40.3 Å². The van der Waals surface area contributed by atoms with Gasteiger partial charge in [0.1, 0.15) is 0 Å². The van der Waals surface area contributed by atoms with Gasteiger partial charge in [-0.25, -0.2) is 0 Å². The number of hydrogen-bond acceptors (Lipinski definition) is 1. The Morgan fingerprint density at radius 1 is 1.00 bits per heavy atom. The van der Waals surface area contributed by atoms with E-state index in [4.69, 9.17) is 0 Å². The molecule has 3 rings (SSSR count). The molecule has 2 aromatic rings. The van der Waals surface area contributed by atoms with E-state index in [-0.39, 0.29) is 6.10 Å². The van der Waals surface area contributed by atoms with Crippen LogP contribution in [0.5, 0.6) is 0 Å². The largest absolute Gasteiger partial charge is 0.388 e. The van der Waals surface area contributed by atoms with Crippen LogP contribution in [0.15, 0.2) is 42.5 Å². The Bertz CT molecular complexity index is 615. The predicted octanol–water partition coefficient (Wildman–Crippen LogP) is 4.14. The summed E-state index contributed by atoms with van der Waals surface area (Å²) < 4.78 is 0. The van der Waals surface area contributed by atoms with E-state index in [9.17, 15) is 5.11 Å². The fourth-order valence-electron chi connectivity index (χ4n) is 3.34. The Kier molecular flexibility index (Phi) is 3.62.